The van der Waals surface area contributed by atoms with Gasteiger partial charge in [-0.3, -0.25) is 10.9 Å². The molecule has 0 saturated heterocycles. The Labute approximate surface area is 75.5 Å². The Hall–Kier alpha value is -0.336. The van der Waals surface area contributed by atoms with Crippen LogP contribution in [-0.4, -0.2) is 11.1 Å². The van der Waals surface area contributed by atoms with E-state index in [1.807, 2.05) is 12.2 Å². The molecule has 3 heteroatoms. The smallest absolute Gasteiger partial charge is 0.300 e. The van der Waals surface area contributed by atoms with Crippen LogP contribution in [0.1, 0.15) is 13.3 Å². The largest absolute Gasteiger partial charge is 0.481 e. The summed E-state index contributed by atoms with van der Waals surface area (Å²) in [5.74, 6) is -0.833. The third-order valence-electron chi connectivity index (χ3n) is 0.586. The summed E-state index contributed by atoms with van der Waals surface area (Å²) in [6.07, 6.45) is 10.0. The molecule has 0 aromatic carbocycles. The molecule has 0 amide bonds. The zero-order chi connectivity index (χ0) is 7.11. The topological polar surface area (TPSA) is 37.3 Å². The van der Waals surface area contributed by atoms with Crippen LogP contribution in [0.15, 0.2) is 18.2 Å². The normalized spacial score (nSPS) is 11.3. The van der Waals surface area contributed by atoms with E-state index in [0.29, 0.717) is 0 Å². The molecule has 0 aliphatic heterocycles. The number of aliphatic carboxylic acids is 1. The minimum atomic E-state index is -0.833. The van der Waals surface area contributed by atoms with E-state index < -0.39 is 5.97 Å². The molecule has 0 spiro atoms. The van der Waals surface area contributed by atoms with Gasteiger partial charge in [-0.15, -0.1) is 6.42 Å². The monoisotopic (exact) mass is 173 g/mol. The zero-order valence-corrected chi connectivity index (χ0v) is 7.36. The maximum atomic E-state index is 9.00. The summed E-state index contributed by atoms with van der Waals surface area (Å²) >= 11 is 0. The Morgan fingerprint density at radius 2 is 2.20 bits per heavy atom. The molecule has 1 N–H and O–H groups in total. The first-order valence-corrected chi connectivity index (χ1v) is 2.64. The Bertz CT molecular complexity index is 125. The molecule has 10 heavy (non-hydrogen) atoms. The average Bonchev–Trinajstić information content (AvgIpc) is 2.11. The van der Waals surface area contributed by atoms with Crippen LogP contribution in [0.5, 0.6) is 0 Å². The van der Waals surface area contributed by atoms with Crippen molar-refractivity contribution in [3.05, 3.63) is 24.3 Å². The van der Waals surface area contributed by atoms with E-state index in [-0.39, 0.29) is 21.7 Å². The molecular weight excluding hydrogens is 164 g/mol. The molecule has 54 valence electrons. The van der Waals surface area contributed by atoms with Crippen molar-refractivity contribution >= 4 is 5.97 Å². The number of hydrogen-bond acceptors (Lipinski definition) is 1. The average molecular weight is 173 g/mol. The van der Waals surface area contributed by atoms with Crippen LogP contribution in [-0.2, 0) is 26.5 Å². The van der Waals surface area contributed by atoms with E-state index in [1.165, 1.54) is 0 Å². The number of carboxylic acids is 1. The molecule has 0 heterocycles. The van der Waals surface area contributed by atoms with Crippen molar-refractivity contribution < 1.29 is 31.6 Å². The second-order valence-electron chi connectivity index (χ2n) is 1.52. The van der Waals surface area contributed by atoms with Crippen molar-refractivity contribution in [3.63, 3.8) is 0 Å². The van der Waals surface area contributed by atoms with Crippen molar-refractivity contribution in [1.29, 1.82) is 0 Å². The number of hydrogen-bond donors (Lipinski definition) is 1. The third-order valence-corrected chi connectivity index (χ3v) is 0.586. The molecule has 1 aliphatic rings. The minimum absolute atomic E-state index is 0. The third kappa shape index (κ3) is 15.6. The Morgan fingerprint density at radius 3 is 2.30 bits per heavy atom. The molecule has 0 atom stereocenters. The van der Waals surface area contributed by atoms with Crippen LogP contribution in [0, 0.1) is 6.08 Å². The van der Waals surface area contributed by atoms with Gasteiger partial charge in [0.25, 0.3) is 5.97 Å². The van der Waals surface area contributed by atoms with Gasteiger partial charge in [0.15, 0.2) is 0 Å². The van der Waals surface area contributed by atoms with Crippen LogP contribution in [0.2, 0.25) is 0 Å². The zero-order valence-electron chi connectivity index (χ0n) is 5.79. The van der Waals surface area contributed by atoms with Gasteiger partial charge in [-0.05, 0) is 0 Å². The van der Waals surface area contributed by atoms with Gasteiger partial charge in [0, 0.05) is 28.6 Å². The molecule has 0 radical (unpaired) electrons. The fraction of sp³-hybridized carbons (Fsp3) is 0.286. The van der Waals surface area contributed by atoms with Gasteiger partial charge >= 0.3 is 0 Å². The molecule has 0 fully saturated rings. The maximum Gasteiger partial charge on any atom is 0.300 e. The Balaban J connectivity index is 0. The second-order valence-corrected chi connectivity index (χ2v) is 1.52. The molecule has 0 saturated carbocycles. The summed E-state index contributed by atoms with van der Waals surface area (Å²) in [5.41, 5.74) is 0. The van der Waals surface area contributed by atoms with Gasteiger partial charge in [-0.2, -0.15) is 6.08 Å². The quantitative estimate of drug-likeness (QED) is 0.444. The van der Waals surface area contributed by atoms with E-state index in [0.717, 1.165) is 13.3 Å². The Kier molecular flexibility index (Phi) is 10.7. The van der Waals surface area contributed by atoms with Gasteiger partial charge in [-0.25, -0.2) is 12.2 Å². The van der Waals surface area contributed by atoms with Gasteiger partial charge in [-0.1, -0.05) is 0 Å². The van der Waals surface area contributed by atoms with Crippen LogP contribution in [0.3, 0.4) is 0 Å². The van der Waals surface area contributed by atoms with Crippen molar-refractivity contribution in [2.75, 3.05) is 0 Å². The summed E-state index contributed by atoms with van der Waals surface area (Å²) in [6.45, 7) is 1.08. The SMILES string of the molecule is CC(=O)O.[C-]1=CC=CC1.[Ti]. The first-order valence-electron chi connectivity index (χ1n) is 2.64. The minimum Gasteiger partial charge on any atom is -0.481 e. The van der Waals surface area contributed by atoms with E-state index >= 15 is 0 Å². The molecule has 0 aromatic heterocycles. The molecule has 0 bridgehead atoms. The molecule has 0 unspecified atom stereocenters. The summed E-state index contributed by atoms with van der Waals surface area (Å²) in [6, 6.07) is 0. The van der Waals surface area contributed by atoms with Crippen molar-refractivity contribution in [2.45, 2.75) is 13.3 Å². The number of allylic oxidation sites excluding steroid dienone is 4. The maximum absolute atomic E-state index is 9.00. The van der Waals surface area contributed by atoms with Gasteiger partial charge in [0.1, 0.15) is 0 Å². The van der Waals surface area contributed by atoms with E-state index in [1.54, 1.807) is 0 Å². The van der Waals surface area contributed by atoms with E-state index in [4.69, 9.17) is 9.90 Å². The fourth-order valence-electron chi connectivity index (χ4n) is 0.340. The number of rotatable bonds is 0. The van der Waals surface area contributed by atoms with Crippen molar-refractivity contribution in [3.8, 4) is 0 Å². The summed E-state index contributed by atoms with van der Waals surface area (Å²) in [4.78, 5) is 9.00. The number of carboxylic acid groups (broad SMARTS) is 1. The van der Waals surface area contributed by atoms with E-state index in [2.05, 4.69) is 12.2 Å². The molecule has 2 nitrogen and oxygen atoms in total. The first-order chi connectivity index (χ1) is 4.23. The summed E-state index contributed by atoms with van der Waals surface area (Å²) in [5, 5.41) is 7.42. The fourth-order valence-corrected chi connectivity index (χ4v) is 0.340. The molecule has 1 aliphatic carbocycles. The van der Waals surface area contributed by atoms with Crippen LogP contribution < -0.4 is 0 Å². The predicted molar refractivity (Wildman–Crippen MR) is 34.9 cm³/mol. The van der Waals surface area contributed by atoms with Gasteiger partial charge in [0.05, 0.1) is 0 Å². The van der Waals surface area contributed by atoms with Crippen LogP contribution >= 0.6 is 0 Å². The number of carbonyl (C=O) groups is 1. The summed E-state index contributed by atoms with van der Waals surface area (Å²) in [7, 11) is 0. The summed E-state index contributed by atoms with van der Waals surface area (Å²) < 4.78 is 0. The van der Waals surface area contributed by atoms with Gasteiger partial charge in [0.2, 0.25) is 0 Å². The van der Waals surface area contributed by atoms with Crippen LogP contribution in [0.4, 0.5) is 0 Å². The Morgan fingerprint density at radius 1 is 1.70 bits per heavy atom. The van der Waals surface area contributed by atoms with Gasteiger partial charge < -0.3 is 5.11 Å². The predicted octanol–water partition coefficient (Wildman–Crippen LogP) is 1.39. The molecule has 0 aromatic rings. The first kappa shape index (κ1) is 12.4. The van der Waals surface area contributed by atoms with Crippen molar-refractivity contribution in [1.82, 2.24) is 0 Å². The van der Waals surface area contributed by atoms with Crippen LogP contribution in [0.25, 0.3) is 0 Å². The standard InChI is InChI=1S/C5H5.C2H4O2.Ti/c1-2-4-5-3-1;1-2(3)4;/h1-3H,4H2;1H3,(H,3,4);/q-1;;. The second kappa shape index (κ2) is 8.66. The van der Waals surface area contributed by atoms with Crippen molar-refractivity contribution in [2.24, 2.45) is 0 Å². The van der Waals surface area contributed by atoms with E-state index in [9.17, 15) is 0 Å². The molecular formula is C7H9O2Ti-. The molecule has 1 rings (SSSR count).